The van der Waals surface area contributed by atoms with E-state index in [4.69, 9.17) is 5.73 Å². The monoisotopic (exact) mass is 400 g/mol. The first-order chi connectivity index (χ1) is 13.0. The van der Waals surface area contributed by atoms with Gasteiger partial charge in [-0.1, -0.05) is 12.1 Å². The van der Waals surface area contributed by atoms with Crippen LogP contribution in [0.5, 0.6) is 0 Å². The molecule has 0 fully saturated rings. The number of anilines is 1. The number of thiazole rings is 1. The number of hydrogen-bond acceptors (Lipinski definition) is 6. The number of para-hydroxylation sites is 1. The summed E-state index contributed by atoms with van der Waals surface area (Å²) in [5.74, 6) is -0.661. The summed E-state index contributed by atoms with van der Waals surface area (Å²) in [5.41, 5.74) is 8.00. The number of carbonyl (C=O) groups is 2. The molecule has 1 aliphatic carbocycles. The molecule has 2 heterocycles. The number of aromatic nitrogens is 1. The maximum atomic E-state index is 12.4. The lowest BCUT2D eigenvalue weighted by Gasteiger charge is -2.11. The Kier molecular flexibility index (Phi) is 4.94. The van der Waals surface area contributed by atoms with Crippen LogP contribution in [-0.4, -0.2) is 23.3 Å². The third-order valence-corrected chi connectivity index (χ3v) is 7.10. The quantitative estimate of drug-likeness (QED) is 0.592. The summed E-state index contributed by atoms with van der Waals surface area (Å²) in [7, 11) is 0. The molecular formula is C19H20N4O2S2. The summed E-state index contributed by atoms with van der Waals surface area (Å²) in [6.07, 6.45) is 2.84. The first kappa shape index (κ1) is 18.1. The minimum absolute atomic E-state index is 0.0443. The molecule has 8 heteroatoms. The molecule has 1 aliphatic rings. The predicted octanol–water partition coefficient (Wildman–Crippen LogP) is 3.23. The minimum Gasteiger partial charge on any atom is -0.365 e. The molecule has 0 spiro atoms. The lowest BCUT2D eigenvalue weighted by molar-refractivity contribution is -0.115. The summed E-state index contributed by atoms with van der Waals surface area (Å²) in [4.78, 5) is 30.0. The van der Waals surface area contributed by atoms with Crippen LogP contribution in [0.4, 0.5) is 5.00 Å². The molecule has 1 unspecified atom stereocenters. The van der Waals surface area contributed by atoms with Gasteiger partial charge in [-0.2, -0.15) is 0 Å². The Morgan fingerprint density at radius 3 is 2.85 bits per heavy atom. The molecule has 2 amide bonds. The van der Waals surface area contributed by atoms with Crippen molar-refractivity contribution in [3.05, 3.63) is 45.3 Å². The van der Waals surface area contributed by atoms with Gasteiger partial charge < -0.3 is 11.1 Å². The van der Waals surface area contributed by atoms with Gasteiger partial charge in [-0.15, -0.1) is 22.7 Å². The Bertz CT molecular complexity index is 991. The molecule has 3 aromatic rings. The van der Waals surface area contributed by atoms with Crippen molar-refractivity contribution >= 4 is 49.7 Å². The summed E-state index contributed by atoms with van der Waals surface area (Å²) >= 11 is 3.09. The van der Waals surface area contributed by atoms with Gasteiger partial charge in [-0.05, 0) is 43.9 Å². The van der Waals surface area contributed by atoms with E-state index in [1.54, 1.807) is 11.3 Å². The van der Waals surface area contributed by atoms with Crippen LogP contribution in [-0.2, 0) is 17.6 Å². The van der Waals surface area contributed by atoms with E-state index >= 15 is 0 Å². The molecule has 1 atom stereocenters. The van der Waals surface area contributed by atoms with Crippen molar-refractivity contribution in [2.75, 3.05) is 11.9 Å². The van der Waals surface area contributed by atoms with E-state index in [2.05, 4.69) is 15.6 Å². The highest BCUT2D eigenvalue weighted by molar-refractivity contribution is 7.18. The van der Waals surface area contributed by atoms with E-state index in [1.165, 1.54) is 11.3 Å². The highest BCUT2D eigenvalue weighted by Gasteiger charge is 2.26. The number of rotatable bonds is 6. The predicted molar refractivity (Wildman–Crippen MR) is 110 cm³/mol. The number of nitrogens with one attached hydrogen (secondary N) is 2. The van der Waals surface area contributed by atoms with Crippen molar-refractivity contribution in [2.45, 2.75) is 32.2 Å². The Morgan fingerprint density at radius 1 is 1.26 bits per heavy atom. The van der Waals surface area contributed by atoms with Gasteiger partial charge in [-0.25, -0.2) is 4.98 Å². The maximum absolute atomic E-state index is 12.4. The third kappa shape index (κ3) is 3.60. The zero-order valence-corrected chi connectivity index (χ0v) is 16.5. The number of amides is 2. The Balaban J connectivity index is 1.41. The number of aryl methyl sites for hydroxylation is 1. The second-order valence-corrected chi connectivity index (χ2v) is 8.76. The van der Waals surface area contributed by atoms with Gasteiger partial charge in [0, 0.05) is 4.88 Å². The Labute approximate surface area is 164 Å². The average Bonchev–Trinajstić information content (AvgIpc) is 3.32. The first-order valence-electron chi connectivity index (χ1n) is 8.86. The van der Waals surface area contributed by atoms with Crippen LogP contribution < -0.4 is 16.4 Å². The average molecular weight is 401 g/mol. The van der Waals surface area contributed by atoms with Gasteiger partial charge in [0.15, 0.2) is 0 Å². The molecule has 0 saturated heterocycles. The van der Waals surface area contributed by atoms with Crippen molar-refractivity contribution in [2.24, 2.45) is 5.73 Å². The molecule has 0 bridgehead atoms. The number of primary amides is 1. The van der Waals surface area contributed by atoms with Crippen molar-refractivity contribution in [1.82, 2.24) is 10.3 Å². The lowest BCUT2D eigenvalue weighted by Crippen LogP contribution is -2.30. The van der Waals surface area contributed by atoms with Crippen molar-refractivity contribution in [3.63, 3.8) is 0 Å². The molecule has 1 aromatic carbocycles. The van der Waals surface area contributed by atoms with Gasteiger partial charge in [-0.3, -0.25) is 14.9 Å². The lowest BCUT2D eigenvalue weighted by atomic mass is 10.1. The van der Waals surface area contributed by atoms with Crippen LogP contribution >= 0.6 is 22.7 Å². The smallest absolute Gasteiger partial charge is 0.251 e. The second-order valence-electron chi connectivity index (χ2n) is 6.60. The summed E-state index contributed by atoms with van der Waals surface area (Å²) in [5, 5.41) is 7.57. The number of hydrogen-bond donors (Lipinski definition) is 3. The number of fused-ring (bicyclic) bond motifs is 2. The van der Waals surface area contributed by atoms with Crippen molar-refractivity contribution in [3.8, 4) is 0 Å². The van der Waals surface area contributed by atoms with E-state index in [1.807, 2.05) is 31.2 Å². The minimum atomic E-state index is -0.472. The SMILES string of the molecule is CC(NCC(=O)Nc1sc2c(c1C(N)=O)CCC2)c1nc2ccccc2s1. The number of nitrogens with two attached hydrogens (primary N) is 1. The fourth-order valence-electron chi connectivity index (χ4n) is 3.33. The normalized spacial score (nSPS) is 14.3. The summed E-state index contributed by atoms with van der Waals surface area (Å²) < 4.78 is 1.13. The fourth-order valence-corrected chi connectivity index (χ4v) is 5.64. The van der Waals surface area contributed by atoms with Gasteiger partial charge >= 0.3 is 0 Å². The van der Waals surface area contributed by atoms with Crippen LogP contribution in [0.15, 0.2) is 24.3 Å². The van der Waals surface area contributed by atoms with Crippen molar-refractivity contribution in [1.29, 1.82) is 0 Å². The number of benzene rings is 1. The maximum Gasteiger partial charge on any atom is 0.251 e. The van der Waals surface area contributed by atoms with Gasteiger partial charge in [0.1, 0.15) is 10.0 Å². The summed E-state index contributed by atoms with van der Waals surface area (Å²) in [6.45, 7) is 2.12. The van der Waals surface area contributed by atoms with E-state index < -0.39 is 5.91 Å². The molecule has 6 nitrogen and oxygen atoms in total. The number of thiophene rings is 1. The molecule has 4 rings (SSSR count). The molecule has 0 aliphatic heterocycles. The molecule has 27 heavy (non-hydrogen) atoms. The highest BCUT2D eigenvalue weighted by atomic mass is 32.1. The van der Waals surface area contributed by atoms with E-state index in [9.17, 15) is 9.59 Å². The van der Waals surface area contributed by atoms with Gasteiger partial charge in [0.05, 0.1) is 28.4 Å². The van der Waals surface area contributed by atoms with Crippen molar-refractivity contribution < 1.29 is 9.59 Å². The standard InChI is InChI=1S/C19H20N4O2S2/c1-10(18-22-12-6-2-3-7-14(12)27-18)21-9-15(24)23-19-16(17(20)25)11-5-4-8-13(11)26-19/h2-3,6-7,10,21H,4-5,8-9H2,1H3,(H2,20,25)(H,23,24). The van der Waals surface area contributed by atoms with Crippen LogP contribution in [0.2, 0.25) is 0 Å². The zero-order chi connectivity index (χ0) is 19.0. The Hall–Kier alpha value is -2.29. The van der Waals surface area contributed by atoms with Gasteiger partial charge in [0.2, 0.25) is 5.91 Å². The Morgan fingerprint density at radius 2 is 2.07 bits per heavy atom. The van der Waals surface area contributed by atoms with Crippen LogP contribution in [0.1, 0.15) is 45.2 Å². The topological polar surface area (TPSA) is 97.1 Å². The second kappa shape index (κ2) is 7.38. The molecule has 140 valence electrons. The molecule has 0 radical (unpaired) electrons. The molecular weight excluding hydrogens is 380 g/mol. The van der Waals surface area contributed by atoms with E-state index in [-0.39, 0.29) is 18.5 Å². The fraction of sp³-hybridized carbons (Fsp3) is 0.316. The first-order valence-corrected chi connectivity index (χ1v) is 10.5. The van der Waals surface area contributed by atoms with Crippen LogP contribution in [0.3, 0.4) is 0 Å². The largest absolute Gasteiger partial charge is 0.365 e. The van der Waals surface area contributed by atoms with Gasteiger partial charge in [0.25, 0.3) is 5.91 Å². The van der Waals surface area contributed by atoms with E-state index in [0.29, 0.717) is 10.6 Å². The highest BCUT2D eigenvalue weighted by Crippen LogP contribution is 2.38. The molecule has 2 aromatic heterocycles. The van der Waals surface area contributed by atoms with Crippen LogP contribution in [0.25, 0.3) is 10.2 Å². The third-order valence-electron chi connectivity index (χ3n) is 4.67. The van der Waals surface area contributed by atoms with E-state index in [0.717, 1.165) is 44.9 Å². The summed E-state index contributed by atoms with van der Waals surface area (Å²) in [6, 6.07) is 7.93. The van der Waals surface area contributed by atoms with Crippen LogP contribution in [0, 0.1) is 0 Å². The molecule has 4 N–H and O–H groups in total. The zero-order valence-electron chi connectivity index (χ0n) is 14.9. The molecule has 0 saturated carbocycles. The number of carbonyl (C=O) groups excluding carboxylic acids is 2. The number of nitrogens with zero attached hydrogens (tertiary/aromatic N) is 1.